The zero-order chi connectivity index (χ0) is 12.1. The molecular formula is C10H18BrN3OS. The highest BCUT2D eigenvalue weighted by molar-refractivity contribution is 9.11. The molecule has 0 saturated carbocycles. The molecule has 2 unspecified atom stereocenters. The topological polar surface area (TPSA) is 48.4 Å². The first-order chi connectivity index (χ1) is 7.49. The Morgan fingerprint density at radius 2 is 2.31 bits per heavy atom. The molecule has 0 aliphatic carbocycles. The molecular weight excluding hydrogens is 290 g/mol. The molecule has 0 aromatic carbocycles. The fraction of sp³-hybridized carbons (Fsp3) is 0.700. The maximum Gasteiger partial charge on any atom is 0.110 e. The van der Waals surface area contributed by atoms with Gasteiger partial charge < -0.3 is 15.3 Å². The van der Waals surface area contributed by atoms with Crippen LogP contribution >= 0.6 is 27.3 Å². The lowest BCUT2D eigenvalue weighted by molar-refractivity contribution is 0.132. The third-order valence-corrected chi connectivity index (χ3v) is 3.76. The molecule has 16 heavy (non-hydrogen) atoms. The molecule has 6 heteroatoms. The van der Waals surface area contributed by atoms with E-state index in [1.165, 1.54) is 0 Å². The Morgan fingerprint density at radius 1 is 1.62 bits per heavy atom. The highest BCUT2D eigenvalue weighted by atomic mass is 79.9. The van der Waals surface area contributed by atoms with E-state index in [-0.39, 0.29) is 12.1 Å². The van der Waals surface area contributed by atoms with Crippen LogP contribution in [0, 0.1) is 0 Å². The van der Waals surface area contributed by atoms with Gasteiger partial charge in [-0.05, 0) is 36.9 Å². The van der Waals surface area contributed by atoms with Gasteiger partial charge in [0.1, 0.15) is 5.01 Å². The third-order valence-electron chi connectivity index (χ3n) is 2.10. The second-order valence-electron chi connectivity index (χ2n) is 4.05. The van der Waals surface area contributed by atoms with Crippen molar-refractivity contribution in [1.82, 2.24) is 15.2 Å². The summed E-state index contributed by atoms with van der Waals surface area (Å²) in [6, 6.07) is 0.174. The fourth-order valence-electron chi connectivity index (χ4n) is 1.35. The Kier molecular flexibility index (Phi) is 5.85. The number of likely N-dealkylation sites (N-methyl/N-ethyl adjacent to an activating group) is 1. The quantitative estimate of drug-likeness (QED) is 0.836. The Labute approximate surface area is 109 Å². The molecule has 2 atom stereocenters. The molecule has 1 aromatic rings. The highest BCUT2D eigenvalue weighted by Crippen LogP contribution is 2.23. The standard InChI is InChI=1S/C10H18BrN3OS/c1-7(10-13-5-9(11)16-10)12-4-8(15)6-14(2)3/h5,7-8,12,15H,4,6H2,1-3H3. The van der Waals surface area contributed by atoms with Crippen LogP contribution in [0.5, 0.6) is 0 Å². The van der Waals surface area contributed by atoms with Crippen LogP contribution in [0.1, 0.15) is 18.0 Å². The average molecular weight is 308 g/mol. The minimum atomic E-state index is -0.346. The second-order valence-corrected chi connectivity index (χ2v) is 6.49. The SMILES string of the molecule is CC(NCC(O)CN(C)C)c1ncc(Br)s1. The van der Waals surface area contributed by atoms with Crippen molar-refractivity contribution in [3.05, 3.63) is 15.0 Å². The first-order valence-corrected chi connectivity index (χ1v) is 6.77. The van der Waals surface area contributed by atoms with E-state index < -0.39 is 0 Å². The van der Waals surface area contributed by atoms with E-state index in [2.05, 4.69) is 26.2 Å². The van der Waals surface area contributed by atoms with Crippen molar-refractivity contribution in [3.8, 4) is 0 Å². The van der Waals surface area contributed by atoms with Gasteiger partial charge in [0.25, 0.3) is 0 Å². The van der Waals surface area contributed by atoms with Crippen LogP contribution in [-0.4, -0.2) is 48.3 Å². The number of thiazole rings is 1. The van der Waals surface area contributed by atoms with Crippen LogP contribution < -0.4 is 5.32 Å². The van der Waals surface area contributed by atoms with Gasteiger partial charge in [0.2, 0.25) is 0 Å². The van der Waals surface area contributed by atoms with Crippen LogP contribution in [-0.2, 0) is 0 Å². The number of hydrogen-bond acceptors (Lipinski definition) is 5. The molecule has 0 spiro atoms. The summed E-state index contributed by atoms with van der Waals surface area (Å²) < 4.78 is 1.03. The van der Waals surface area contributed by atoms with E-state index in [0.29, 0.717) is 13.1 Å². The molecule has 0 radical (unpaired) electrons. The van der Waals surface area contributed by atoms with Crippen LogP contribution in [0.15, 0.2) is 9.98 Å². The molecule has 0 saturated heterocycles. The van der Waals surface area contributed by atoms with Crippen molar-refractivity contribution in [3.63, 3.8) is 0 Å². The summed E-state index contributed by atoms with van der Waals surface area (Å²) >= 11 is 5.00. The molecule has 92 valence electrons. The van der Waals surface area contributed by atoms with Gasteiger partial charge >= 0.3 is 0 Å². The van der Waals surface area contributed by atoms with Crippen LogP contribution in [0.25, 0.3) is 0 Å². The molecule has 0 bridgehead atoms. The first-order valence-electron chi connectivity index (χ1n) is 5.16. The smallest absolute Gasteiger partial charge is 0.110 e. The van der Waals surface area contributed by atoms with Gasteiger partial charge in [0.15, 0.2) is 0 Å². The zero-order valence-corrected chi connectivity index (χ0v) is 12.2. The summed E-state index contributed by atoms with van der Waals surface area (Å²) in [7, 11) is 3.90. The van der Waals surface area contributed by atoms with Gasteiger partial charge in [0, 0.05) is 13.1 Å². The minimum Gasteiger partial charge on any atom is -0.390 e. The van der Waals surface area contributed by atoms with Crippen molar-refractivity contribution >= 4 is 27.3 Å². The molecule has 0 amide bonds. The number of aliphatic hydroxyl groups is 1. The maximum atomic E-state index is 9.69. The van der Waals surface area contributed by atoms with Gasteiger partial charge in [-0.3, -0.25) is 0 Å². The van der Waals surface area contributed by atoms with E-state index >= 15 is 0 Å². The fourth-order valence-corrected chi connectivity index (χ4v) is 2.62. The van der Waals surface area contributed by atoms with Crippen LogP contribution in [0.4, 0.5) is 0 Å². The Morgan fingerprint density at radius 3 is 2.81 bits per heavy atom. The van der Waals surface area contributed by atoms with Crippen molar-refractivity contribution in [2.24, 2.45) is 0 Å². The molecule has 4 nitrogen and oxygen atoms in total. The van der Waals surface area contributed by atoms with Gasteiger partial charge in [-0.1, -0.05) is 0 Å². The van der Waals surface area contributed by atoms with Crippen molar-refractivity contribution in [2.75, 3.05) is 27.2 Å². The van der Waals surface area contributed by atoms with Crippen molar-refractivity contribution in [1.29, 1.82) is 0 Å². The van der Waals surface area contributed by atoms with E-state index in [1.807, 2.05) is 25.9 Å². The summed E-state index contributed by atoms with van der Waals surface area (Å²) in [6.45, 7) is 3.30. The lowest BCUT2D eigenvalue weighted by Crippen LogP contribution is -2.36. The number of aliphatic hydroxyl groups excluding tert-OH is 1. The summed E-state index contributed by atoms with van der Waals surface area (Å²) in [6.07, 6.45) is 1.45. The maximum absolute atomic E-state index is 9.69. The number of rotatable bonds is 6. The number of nitrogens with zero attached hydrogens (tertiary/aromatic N) is 2. The van der Waals surface area contributed by atoms with Gasteiger partial charge in [-0.15, -0.1) is 11.3 Å². The van der Waals surface area contributed by atoms with Crippen LogP contribution in [0.3, 0.4) is 0 Å². The first kappa shape index (κ1) is 14.1. The normalized spacial score (nSPS) is 15.4. The third kappa shape index (κ3) is 4.88. The highest BCUT2D eigenvalue weighted by Gasteiger charge is 2.12. The monoisotopic (exact) mass is 307 g/mol. The summed E-state index contributed by atoms with van der Waals surface area (Å²) in [5.74, 6) is 0. The summed E-state index contributed by atoms with van der Waals surface area (Å²) in [4.78, 5) is 6.24. The Hall–Kier alpha value is -0.0100. The Balaban J connectivity index is 2.32. The molecule has 0 fully saturated rings. The van der Waals surface area contributed by atoms with E-state index in [9.17, 15) is 5.11 Å². The lowest BCUT2D eigenvalue weighted by atomic mass is 10.3. The number of aromatic nitrogens is 1. The second kappa shape index (κ2) is 6.66. The van der Waals surface area contributed by atoms with E-state index in [0.717, 1.165) is 8.79 Å². The molecule has 0 aliphatic heterocycles. The molecule has 2 N–H and O–H groups in total. The number of nitrogens with one attached hydrogen (secondary N) is 1. The summed E-state index contributed by atoms with van der Waals surface area (Å²) in [5, 5.41) is 14.0. The van der Waals surface area contributed by atoms with Gasteiger partial charge in [0.05, 0.1) is 22.1 Å². The molecule has 0 aliphatic rings. The largest absolute Gasteiger partial charge is 0.390 e. The van der Waals surface area contributed by atoms with Crippen molar-refractivity contribution < 1.29 is 5.11 Å². The lowest BCUT2D eigenvalue weighted by Gasteiger charge is -2.18. The number of halogens is 1. The predicted octanol–water partition coefficient (Wildman–Crippen LogP) is 1.48. The predicted molar refractivity (Wildman–Crippen MR) is 70.8 cm³/mol. The molecule has 1 rings (SSSR count). The van der Waals surface area contributed by atoms with Gasteiger partial charge in [-0.2, -0.15) is 0 Å². The zero-order valence-electron chi connectivity index (χ0n) is 9.77. The van der Waals surface area contributed by atoms with E-state index in [4.69, 9.17) is 0 Å². The van der Waals surface area contributed by atoms with Crippen molar-refractivity contribution in [2.45, 2.75) is 19.1 Å². The summed E-state index contributed by atoms with van der Waals surface area (Å²) in [5.41, 5.74) is 0. The number of hydrogen-bond donors (Lipinski definition) is 2. The average Bonchev–Trinajstić information content (AvgIpc) is 2.60. The van der Waals surface area contributed by atoms with E-state index in [1.54, 1.807) is 17.5 Å². The Bertz CT molecular complexity index is 319. The van der Waals surface area contributed by atoms with Crippen LogP contribution in [0.2, 0.25) is 0 Å². The van der Waals surface area contributed by atoms with Gasteiger partial charge in [-0.25, -0.2) is 4.98 Å². The molecule has 1 aromatic heterocycles. The minimum absolute atomic E-state index is 0.174. The molecule has 1 heterocycles.